The zero-order chi connectivity index (χ0) is 53.5. The van der Waals surface area contributed by atoms with Crippen LogP contribution in [0.15, 0.2) is 186 Å². The van der Waals surface area contributed by atoms with Gasteiger partial charge in [-0.1, -0.05) is 121 Å². The van der Waals surface area contributed by atoms with Gasteiger partial charge in [-0.25, -0.2) is 0 Å². The van der Waals surface area contributed by atoms with Crippen molar-refractivity contribution < 1.29 is 35.9 Å². The molecule has 3 nitrogen and oxygen atoms in total. The van der Waals surface area contributed by atoms with E-state index in [1.54, 1.807) is 30.3 Å². The third-order valence-corrected chi connectivity index (χ3v) is 8.90. The highest BCUT2D eigenvalue weighted by molar-refractivity contribution is 6.17. The number of aromatic nitrogens is 2. The molecule has 238 valence electrons. The Bertz CT molecular complexity index is 4370. The Morgan fingerprint density at radius 3 is 1.92 bits per heavy atom. The van der Waals surface area contributed by atoms with E-state index in [-0.39, 0.29) is 55.0 Å². The lowest BCUT2D eigenvalue weighted by atomic mass is 9.96. The Kier molecular flexibility index (Phi) is 2.93. The highest BCUT2D eigenvalue weighted by Crippen LogP contribution is 2.44. The predicted molar refractivity (Wildman–Crippen MR) is 213 cm³/mol. The van der Waals surface area contributed by atoms with Gasteiger partial charge >= 0.3 is 0 Å². The quantitative estimate of drug-likeness (QED) is 0.182. The van der Waals surface area contributed by atoms with E-state index < -0.39 is 172 Å². The van der Waals surface area contributed by atoms with Crippen molar-refractivity contribution in [3.8, 4) is 33.6 Å². The summed E-state index contributed by atoms with van der Waals surface area (Å²) in [5.41, 5.74) is -3.27. The number of rotatable bonds is 4. The number of fused-ring (bicyclic) bond motifs is 9. The summed E-state index contributed by atoms with van der Waals surface area (Å²) in [6.45, 7) is 0. The first-order valence-corrected chi connectivity index (χ1v) is 15.6. The number of para-hydroxylation sites is 4. The van der Waals surface area contributed by atoms with Crippen LogP contribution in [-0.2, 0) is 0 Å². The van der Waals surface area contributed by atoms with Crippen molar-refractivity contribution in [2.24, 2.45) is 0 Å². The van der Waals surface area contributed by atoms with Crippen LogP contribution in [0.4, 0.5) is 0 Å². The summed E-state index contributed by atoms with van der Waals surface area (Å²) < 4.78 is 214. The molecule has 3 aromatic heterocycles. The molecule has 0 unspecified atom stereocenters. The maximum atomic E-state index is 9.77. The summed E-state index contributed by atoms with van der Waals surface area (Å²) in [5.74, 6) is 0. The van der Waals surface area contributed by atoms with E-state index >= 15 is 0 Å². The Balaban J connectivity index is 1.36. The summed E-state index contributed by atoms with van der Waals surface area (Å²) in [6, 6.07) is -5.40. The van der Waals surface area contributed by atoms with Crippen molar-refractivity contribution in [3.05, 3.63) is 181 Å². The van der Waals surface area contributed by atoms with E-state index in [9.17, 15) is 6.85 Å². The second kappa shape index (κ2) is 10.8. The second-order valence-electron chi connectivity index (χ2n) is 11.6. The first kappa shape index (κ1) is 13.8. The maximum Gasteiger partial charge on any atom is 0.137 e. The van der Waals surface area contributed by atoms with Crippen LogP contribution >= 0.6 is 0 Å². The van der Waals surface area contributed by atoms with Crippen molar-refractivity contribution >= 4 is 65.6 Å². The summed E-state index contributed by atoms with van der Waals surface area (Å²) in [7, 11) is 0. The fourth-order valence-electron chi connectivity index (χ4n) is 6.83. The van der Waals surface area contributed by atoms with Gasteiger partial charge in [0.05, 0.1) is 64.7 Å². The molecular formula is C48H30N2O. The zero-order valence-corrected chi connectivity index (χ0v) is 25.8. The van der Waals surface area contributed by atoms with Crippen LogP contribution in [-0.4, -0.2) is 9.13 Å². The summed E-state index contributed by atoms with van der Waals surface area (Å²) in [5, 5.41) is -0.133. The lowest BCUT2D eigenvalue weighted by Crippen LogP contribution is -1.99. The molecule has 0 amide bonds. The second-order valence-corrected chi connectivity index (χ2v) is 11.6. The van der Waals surface area contributed by atoms with Gasteiger partial charge in [0.1, 0.15) is 11.2 Å². The molecule has 3 heterocycles. The average molecular weight is 674 g/mol. The van der Waals surface area contributed by atoms with E-state index in [1.165, 1.54) is 21.3 Å². The van der Waals surface area contributed by atoms with Crippen LogP contribution in [0.1, 0.15) is 31.5 Å². The molecule has 11 aromatic rings. The Hall–Kier alpha value is -6.84. The van der Waals surface area contributed by atoms with Crippen molar-refractivity contribution in [2.75, 3.05) is 0 Å². The lowest BCUT2D eigenvalue weighted by molar-refractivity contribution is 0.669. The standard InChI is InChI=1S/C48H30N2O/c1-2-13-31(14-3-1)32-15-12-16-33(29-32)35-26-28-46-47(39-20-7-11-24-45(39)51-46)48(35)50-43-23-10-6-19-38(43)40-30-34(25-27-44(40)50)49-41-21-8-4-17-36(41)37-18-5-9-22-42(37)49/h1-30H/i1D,2D,3D,4D,5D,7D,8D,9D,11D,12D,13D,14D,15D,16D,17D,18D,20D,21D,22D,24D,26D,28D,29D. The van der Waals surface area contributed by atoms with Gasteiger partial charge in [-0.15, -0.1) is 0 Å². The Morgan fingerprint density at radius 1 is 0.431 bits per heavy atom. The van der Waals surface area contributed by atoms with E-state index in [0.717, 1.165) is 0 Å². The largest absolute Gasteiger partial charge is 0.456 e. The van der Waals surface area contributed by atoms with Crippen LogP contribution in [0.2, 0.25) is 0 Å². The summed E-state index contributed by atoms with van der Waals surface area (Å²) in [4.78, 5) is 0. The van der Waals surface area contributed by atoms with Gasteiger partial charge in [-0.2, -0.15) is 0 Å². The number of nitrogens with zero attached hydrogens (tertiary/aromatic N) is 2. The van der Waals surface area contributed by atoms with Crippen LogP contribution < -0.4 is 0 Å². The van der Waals surface area contributed by atoms with E-state index in [1.807, 2.05) is 0 Å². The first-order chi connectivity index (χ1) is 34.9. The summed E-state index contributed by atoms with van der Waals surface area (Å²) >= 11 is 0. The van der Waals surface area contributed by atoms with Gasteiger partial charge in [0.2, 0.25) is 0 Å². The highest BCUT2D eigenvalue weighted by atomic mass is 16.3. The molecule has 3 heteroatoms. The van der Waals surface area contributed by atoms with Gasteiger partial charge < -0.3 is 13.6 Å². The maximum absolute atomic E-state index is 9.77. The molecule has 0 aliphatic carbocycles. The van der Waals surface area contributed by atoms with E-state index in [2.05, 4.69) is 0 Å². The smallest absolute Gasteiger partial charge is 0.137 e. The molecule has 51 heavy (non-hydrogen) atoms. The number of hydrogen-bond donors (Lipinski definition) is 0. The van der Waals surface area contributed by atoms with Crippen LogP contribution in [0.3, 0.4) is 0 Å². The molecule has 0 atom stereocenters. The third kappa shape index (κ3) is 4.12. The van der Waals surface area contributed by atoms with Crippen molar-refractivity contribution in [3.63, 3.8) is 0 Å². The molecule has 0 spiro atoms. The summed E-state index contributed by atoms with van der Waals surface area (Å²) in [6.07, 6.45) is 0. The molecule has 0 fully saturated rings. The lowest BCUT2D eigenvalue weighted by Gasteiger charge is -2.17. The zero-order valence-electron chi connectivity index (χ0n) is 48.8. The van der Waals surface area contributed by atoms with Crippen LogP contribution in [0.25, 0.3) is 99.2 Å². The molecule has 0 aliphatic heterocycles. The molecular weight excluding hydrogens is 621 g/mol. The van der Waals surface area contributed by atoms with Crippen LogP contribution in [0, 0.1) is 0 Å². The fourth-order valence-corrected chi connectivity index (χ4v) is 6.83. The van der Waals surface area contributed by atoms with Gasteiger partial charge in [0.15, 0.2) is 0 Å². The highest BCUT2D eigenvalue weighted by Gasteiger charge is 2.23. The molecule has 8 aromatic carbocycles. The van der Waals surface area contributed by atoms with E-state index in [0.29, 0.717) is 10.8 Å². The van der Waals surface area contributed by atoms with Gasteiger partial charge in [-0.05, 0) is 77.2 Å². The minimum absolute atomic E-state index is 0.140. The van der Waals surface area contributed by atoms with Gasteiger partial charge in [-0.3, -0.25) is 0 Å². The Labute approximate surface area is 326 Å². The van der Waals surface area contributed by atoms with Crippen molar-refractivity contribution in [1.29, 1.82) is 0 Å². The third-order valence-electron chi connectivity index (χ3n) is 8.90. The normalized spacial score (nSPS) is 18.2. The van der Waals surface area contributed by atoms with Crippen molar-refractivity contribution in [2.45, 2.75) is 0 Å². The number of furan rings is 1. The molecule has 0 aliphatic rings. The van der Waals surface area contributed by atoms with Gasteiger partial charge in [0, 0.05) is 38.2 Å². The minimum Gasteiger partial charge on any atom is -0.456 e. The topological polar surface area (TPSA) is 23.0 Å². The molecule has 0 N–H and O–H groups in total. The molecule has 0 radical (unpaired) electrons. The van der Waals surface area contributed by atoms with Crippen LogP contribution in [0.5, 0.6) is 0 Å². The number of benzene rings is 8. The SMILES string of the molecule is [2H]c1c([2H])c([2H])c(-c2c([2H])c([2H])c([2H])c(-c3c([2H])c([2H])c4oc5c([2H])c([2H])c([2H])c([2H])c5c4c3-n3c4ccccc4c4cc(-n5c6c([2H])c([2H])c([2H])c([2H])c6c6c([2H])c([2H])c([2H])c([2H])c65)ccc43)c2[2H])c([2H])c1[2H]. The fraction of sp³-hybridized carbons (Fsp3) is 0. The molecule has 0 saturated carbocycles. The predicted octanol–water partition coefficient (Wildman–Crippen LogP) is 13.1. The van der Waals surface area contributed by atoms with E-state index in [4.69, 9.17) is 29.1 Å². The van der Waals surface area contributed by atoms with Gasteiger partial charge in [0.25, 0.3) is 0 Å². The minimum atomic E-state index is -0.900. The van der Waals surface area contributed by atoms with Crippen molar-refractivity contribution in [1.82, 2.24) is 9.13 Å². The average Bonchev–Trinajstić information content (AvgIpc) is 4.10. The molecule has 0 bridgehead atoms. The molecule has 11 rings (SSSR count). The molecule has 0 saturated heterocycles. The monoisotopic (exact) mass is 673 g/mol. The number of hydrogen-bond acceptors (Lipinski definition) is 1. The Morgan fingerprint density at radius 2 is 1.10 bits per heavy atom. The first-order valence-electron chi connectivity index (χ1n) is 27.1.